The molecule has 4 rings (SSSR count). The summed E-state index contributed by atoms with van der Waals surface area (Å²) < 4.78 is 16.6. The molecule has 1 N–H and O–H groups in total. The highest BCUT2D eigenvalue weighted by molar-refractivity contribution is 6.33. The smallest absolute Gasteiger partial charge is 0.261 e. The summed E-state index contributed by atoms with van der Waals surface area (Å²) in [7, 11) is 1.56. The van der Waals surface area contributed by atoms with Gasteiger partial charge in [-0.2, -0.15) is 0 Å². The molecule has 0 radical (unpaired) electrons. The molecule has 4 aromatic rings. The molecule has 0 atom stereocenters. The Kier molecular flexibility index (Phi) is 6.37. The summed E-state index contributed by atoms with van der Waals surface area (Å²) in [5.74, 6) is 1.05. The van der Waals surface area contributed by atoms with E-state index in [1.54, 1.807) is 56.8 Å². The first-order valence-corrected chi connectivity index (χ1v) is 10.2. The van der Waals surface area contributed by atoms with Crippen LogP contribution < -0.4 is 14.8 Å². The van der Waals surface area contributed by atoms with E-state index in [1.807, 2.05) is 24.3 Å². The Balaban J connectivity index is 1.58. The second-order valence-corrected chi connectivity index (χ2v) is 7.32. The van der Waals surface area contributed by atoms with Crippen molar-refractivity contribution in [3.05, 3.63) is 88.9 Å². The molecule has 0 aliphatic heterocycles. The standard InChI is InChI=1S/C24H20ClN3O4/c1-15-22(23(28-32-15)18-7-3-4-8-19(18)25)24(29)27-17-9-10-20(30-2)21(12-17)31-14-16-6-5-11-26-13-16/h3-13H,14H2,1-2H3,(H,27,29). The number of hydrogen-bond acceptors (Lipinski definition) is 6. The first kappa shape index (κ1) is 21.4. The lowest BCUT2D eigenvalue weighted by molar-refractivity contribution is 0.102. The fourth-order valence-electron chi connectivity index (χ4n) is 3.18. The van der Waals surface area contributed by atoms with E-state index >= 15 is 0 Å². The highest BCUT2D eigenvalue weighted by atomic mass is 35.5. The Bertz CT molecular complexity index is 1240. The van der Waals surface area contributed by atoms with E-state index in [-0.39, 0.29) is 5.91 Å². The zero-order valence-corrected chi connectivity index (χ0v) is 18.2. The van der Waals surface area contributed by atoms with Gasteiger partial charge in [0.2, 0.25) is 0 Å². The normalized spacial score (nSPS) is 10.6. The predicted molar refractivity (Wildman–Crippen MR) is 121 cm³/mol. The number of anilines is 1. The van der Waals surface area contributed by atoms with Crippen LogP contribution in [0.25, 0.3) is 11.3 Å². The Morgan fingerprint density at radius 1 is 1.12 bits per heavy atom. The summed E-state index contributed by atoms with van der Waals surface area (Å²) in [6, 6.07) is 16.1. The van der Waals surface area contributed by atoms with Gasteiger partial charge in [0.25, 0.3) is 5.91 Å². The number of rotatable bonds is 7. The van der Waals surface area contributed by atoms with Crippen molar-refractivity contribution in [2.45, 2.75) is 13.5 Å². The molecule has 0 saturated carbocycles. The number of aryl methyl sites for hydroxylation is 1. The lowest BCUT2D eigenvalue weighted by Crippen LogP contribution is -2.13. The number of nitrogens with zero attached hydrogens (tertiary/aromatic N) is 2. The largest absolute Gasteiger partial charge is 0.493 e. The summed E-state index contributed by atoms with van der Waals surface area (Å²) in [6.07, 6.45) is 3.42. The van der Waals surface area contributed by atoms with Crippen LogP contribution in [0.3, 0.4) is 0 Å². The number of carbonyl (C=O) groups is 1. The molecule has 162 valence electrons. The molecule has 32 heavy (non-hydrogen) atoms. The third-order valence-electron chi connectivity index (χ3n) is 4.76. The molecule has 7 nitrogen and oxygen atoms in total. The zero-order valence-electron chi connectivity index (χ0n) is 17.5. The van der Waals surface area contributed by atoms with E-state index in [2.05, 4.69) is 15.5 Å². The fourth-order valence-corrected chi connectivity index (χ4v) is 3.41. The van der Waals surface area contributed by atoms with Crippen LogP contribution in [0.15, 0.2) is 71.5 Å². The molecule has 0 unspecified atom stereocenters. The summed E-state index contributed by atoms with van der Waals surface area (Å²) >= 11 is 6.30. The SMILES string of the molecule is COc1ccc(NC(=O)c2c(-c3ccccc3Cl)noc2C)cc1OCc1cccnc1. The molecular weight excluding hydrogens is 430 g/mol. The van der Waals surface area contributed by atoms with E-state index in [4.69, 9.17) is 25.6 Å². The van der Waals surface area contributed by atoms with Gasteiger partial charge in [-0.05, 0) is 31.2 Å². The third-order valence-corrected chi connectivity index (χ3v) is 5.09. The lowest BCUT2D eigenvalue weighted by Gasteiger charge is -2.13. The number of ether oxygens (including phenoxy) is 2. The van der Waals surface area contributed by atoms with Gasteiger partial charge < -0.3 is 19.3 Å². The van der Waals surface area contributed by atoms with Crippen LogP contribution in [0, 0.1) is 6.92 Å². The number of pyridine rings is 1. The van der Waals surface area contributed by atoms with Crippen LogP contribution in [-0.2, 0) is 6.61 Å². The van der Waals surface area contributed by atoms with Gasteiger partial charge in [-0.15, -0.1) is 0 Å². The van der Waals surface area contributed by atoms with Gasteiger partial charge in [0.15, 0.2) is 11.5 Å². The number of carbonyl (C=O) groups excluding carboxylic acids is 1. The van der Waals surface area contributed by atoms with Crippen LogP contribution in [0.4, 0.5) is 5.69 Å². The molecule has 1 amide bonds. The van der Waals surface area contributed by atoms with Crippen LogP contribution in [-0.4, -0.2) is 23.2 Å². The minimum atomic E-state index is -0.373. The maximum absolute atomic E-state index is 13.1. The zero-order chi connectivity index (χ0) is 22.5. The molecule has 0 fully saturated rings. The van der Waals surface area contributed by atoms with Gasteiger partial charge in [0, 0.05) is 35.3 Å². The molecule has 0 spiro atoms. The van der Waals surface area contributed by atoms with Gasteiger partial charge in [-0.3, -0.25) is 9.78 Å². The Labute approximate surface area is 189 Å². The summed E-state index contributed by atoms with van der Waals surface area (Å²) in [6.45, 7) is 1.99. The van der Waals surface area contributed by atoms with Crippen LogP contribution >= 0.6 is 11.6 Å². The number of aromatic nitrogens is 2. The van der Waals surface area contributed by atoms with Crippen LogP contribution in [0.5, 0.6) is 11.5 Å². The third kappa shape index (κ3) is 4.58. The first-order chi connectivity index (χ1) is 15.6. The molecule has 2 aromatic carbocycles. The van der Waals surface area contributed by atoms with Crippen molar-refractivity contribution in [1.29, 1.82) is 0 Å². The van der Waals surface area contributed by atoms with Gasteiger partial charge in [-0.25, -0.2) is 0 Å². The fraction of sp³-hybridized carbons (Fsp3) is 0.125. The van der Waals surface area contributed by atoms with Crippen molar-refractivity contribution in [3.63, 3.8) is 0 Å². The van der Waals surface area contributed by atoms with E-state index in [0.29, 0.717) is 51.4 Å². The number of methoxy groups -OCH3 is 1. The van der Waals surface area contributed by atoms with Crippen LogP contribution in [0.2, 0.25) is 5.02 Å². The Morgan fingerprint density at radius 3 is 2.72 bits per heavy atom. The van der Waals surface area contributed by atoms with Gasteiger partial charge >= 0.3 is 0 Å². The summed E-state index contributed by atoms with van der Waals surface area (Å²) in [5.41, 5.74) is 2.75. The van der Waals surface area contributed by atoms with Crippen molar-refractivity contribution in [2.24, 2.45) is 0 Å². The number of benzene rings is 2. The van der Waals surface area contributed by atoms with Crippen molar-refractivity contribution in [3.8, 4) is 22.8 Å². The average molecular weight is 450 g/mol. The van der Waals surface area contributed by atoms with Crippen molar-refractivity contribution in [1.82, 2.24) is 10.1 Å². The minimum absolute atomic E-state index is 0.309. The molecule has 0 aliphatic rings. The second kappa shape index (κ2) is 9.53. The molecule has 2 heterocycles. The average Bonchev–Trinajstić information content (AvgIpc) is 3.20. The molecule has 2 aromatic heterocycles. The van der Waals surface area contributed by atoms with Gasteiger partial charge in [-0.1, -0.05) is 41.0 Å². The monoisotopic (exact) mass is 449 g/mol. The van der Waals surface area contributed by atoms with E-state index in [0.717, 1.165) is 5.56 Å². The molecule has 0 bridgehead atoms. The van der Waals surface area contributed by atoms with E-state index in [9.17, 15) is 4.79 Å². The number of hydrogen-bond donors (Lipinski definition) is 1. The van der Waals surface area contributed by atoms with Crippen molar-refractivity contribution < 1.29 is 18.8 Å². The highest BCUT2D eigenvalue weighted by Gasteiger charge is 2.23. The first-order valence-electron chi connectivity index (χ1n) is 9.79. The Morgan fingerprint density at radius 2 is 1.97 bits per heavy atom. The highest BCUT2D eigenvalue weighted by Crippen LogP contribution is 2.33. The lowest BCUT2D eigenvalue weighted by atomic mass is 10.1. The van der Waals surface area contributed by atoms with Gasteiger partial charge in [0.1, 0.15) is 23.6 Å². The number of nitrogens with one attached hydrogen (secondary N) is 1. The van der Waals surface area contributed by atoms with Crippen molar-refractivity contribution >= 4 is 23.2 Å². The number of halogens is 1. The number of amides is 1. The van der Waals surface area contributed by atoms with E-state index in [1.165, 1.54) is 0 Å². The van der Waals surface area contributed by atoms with Gasteiger partial charge in [0.05, 0.1) is 12.1 Å². The molecule has 0 aliphatic carbocycles. The topological polar surface area (TPSA) is 86.5 Å². The maximum Gasteiger partial charge on any atom is 0.261 e. The molecular formula is C24H20ClN3O4. The summed E-state index contributed by atoms with van der Waals surface area (Å²) in [4.78, 5) is 17.2. The van der Waals surface area contributed by atoms with E-state index < -0.39 is 0 Å². The van der Waals surface area contributed by atoms with Crippen molar-refractivity contribution in [2.75, 3.05) is 12.4 Å². The summed E-state index contributed by atoms with van der Waals surface area (Å²) in [5, 5.41) is 7.40. The minimum Gasteiger partial charge on any atom is -0.493 e. The second-order valence-electron chi connectivity index (χ2n) is 6.91. The molecule has 0 saturated heterocycles. The quantitative estimate of drug-likeness (QED) is 0.398. The maximum atomic E-state index is 13.1. The predicted octanol–water partition coefficient (Wildman–Crippen LogP) is 5.54. The Hall–Kier alpha value is -3.84. The molecule has 8 heteroatoms. The van der Waals surface area contributed by atoms with Crippen LogP contribution in [0.1, 0.15) is 21.7 Å².